The molecule has 0 radical (unpaired) electrons. The molecule has 3 aromatic carbocycles. The fourth-order valence-electron chi connectivity index (χ4n) is 2.42. The molecule has 0 fully saturated rings. The van der Waals surface area contributed by atoms with E-state index >= 15 is 0 Å². The van der Waals surface area contributed by atoms with E-state index in [0.717, 1.165) is 11.1 Å². The van der Waals surface area contributed by atoms with Gasteiger partial charge in [0.1, 0.15) is 5.75 Å². The lowest BCUT2D eigenvalue weighted by Crippen LogP contribution is -2.09. The topological polar surface area (TPSA) is 78.3 Å². The molecule has 0 saturated carbocycles. The third-order valence-corrected chi connectivity index (χ3v) is 3.66. The van der Waals surface area contributed by atoms with Gasteiger partial charge in [-0.2, -0.15) is 0 Å². The minimum Gasteiger partial charge on any atom is -0.423 e. The minimum atomic E-state index is -0.489. The van der Waals surface area contributed by atoms with Gasteiger partial charge in [0.25, 0.3) is 0 Å². The molecule has 128 valence electrons. The second kappa shape index (κ2) is 7.53. The SMILES string of the molecule is C.Cc1ccc(-c2ccc(OC(=O)c3cc(N)cc(N)c3)cc2)cc1. The molecule has 0 atom stereocenters. The van der Waals surface area contributed by atoms with Crippen LogP contribution in [-0.2, 0) is 0 Å². The highest BCUT2D eigenvalue weighted by Crippen LogP contribution is 2.23. The van der Waals surface area contributed by atoms with E-state index in [4.69, 9.17) is 16.2 Å². The number of hydrogen-bond acceptors (Lipinski definition) is 4. The van der Waals surface area contributed by atoms with Crippen LogP contribution in [0.3, 0.4) is 0 Å². The van der Waals surface area contributed by atoms with Crippen molar-refractivity contribution in [1.29, 1.82) is 0 Å². The summed E-state index contributed by atoms with van der Waals surface area (Å²) in [5.74, 6) is -0.0195. The molecule has 0 aromatic heterocycles. The van der Waals surface area contributed by atoms with E-state index in [1.165, 1.54) is 5.56 Å². The second-order valence-corrected chi connectivity index (χ2v) is 5.67. The van der Waals surface area contributed by atoms with E-state index in [0.29, 0.717) is 22.7 Å². The van der Waals surface area contributed by atoms with Gasteiger partial charge in [-0.15, -0.1) is 0 Å². The van der Waals surface area contributed by atoms with Gasteiger partial charge >= 0.3 is 5.97 Å². The molecule has 3 rings (SSSR count). The molecule has 0 unspecified atom stereocenters. The van der Waals surface area contributed by atoms with Gasteiger partial charge in [0.05, 0.1) is 5.56 Å². The lowest BCUT2D eigenvalue weighted by atomic mass is 10.0. The van der Waals surface area contributed by atoms with E-state index < -0.39 is 5.97 Å². The Morgan fingerprint density at radius 2 is 1.28 bits per heavy atom. The second-order valence-electron chi connectivity index (χ2n) is 5.67. The van der Waals surface area contributed by atoms with Crippen LogP contribution in [0, 0.1) is 6.92 Å². The van der Waals surface area contributed by atoms with E-state index in [2.05, 4.69) is 31.2 Å². The maximum atomic E-state index is 12.2. The Hall–Kier alpha value is -3.27. The van der Waals surface area contributed by atoms with Gasteiger partial charge in [-0.05, 0) is 48.4 Å². The van der Waals surface area contributed by atoms with Gasteiger partial charge in [-0.3, -0.25) is 0 Å². The average molecular weight is 334 g/mol. The number of benzene rings is 3. The van der Waals surface area contributed by atoms with Crippen LogP contribution < -0.4 is 16.2 Å². The average Bonchev–Trinajstić information content (AvgIpc) is 2.55. The molecule has 0 spiro atoms. The standard InChI is InChI=1S/C20H18N2O2.CH4/c1-13-2-4-14(5-3-13)15-6-8-19(9-7-15)24-20(23)16-10-17(21)12-18(22)11-16;/h2-12H,21-22H2,1H3;1H4. The van der Waals surface area contributed by atoms with Crippen LogP contribution >= 0.6 is 0 Å². The first-order valence-corrected chi connectivity index (χ1v) is 7.56. The van der Waals surface area contributed by atoms with Crippen molar-refractivity contribution < 1.29 is 9.53 Å². The van der Waals surface area contributed by atoms with Crippen LogP contribution in [0.25, 0.3) is 11.1 Å². The predicted molar refractivity (Wildman–Crippen MR) is 104 cm³/mol. The molecule has 0 aliphatic rings. The zero-order valence-corrected chi connectivity index (χ0v) is 13.3. The molecular weight excluding hydrogens is 312 g/mol. The summed E-state index contributed by atoms with van der Waals surface area (Å²) >= 11 is 0. The highest BCUT2D eigenvalue weighted by atomic mass is 16.5. The van der Waals surface area contributed by atoms with Crippen molar-refractivity contribution in [1.82, 2.24) is 0 Å². The van der Waals surface area contributed by atoms with E-state index in [1.807, 2.05) is 12.1 Å². The fraction of sp³-hybridized carbons (Fsp3) is 0.0952. The van der Waals surface area contributed by atoms with Crippen LogP contribution in [0.15, 0.2) is 66.7 Å². The maximum Gasteiger partial charge on any atom is 0.343 e. The Morgan fingerprint density at radius 1 is 0.800 bits per heavy atom. The van der Waals surface area contributed by atoms with Gasteiger partial charge < -0.3 is 16.2 Å². The van der Waals surface area contributed by atoms with Crippen LogP contribution in [0.5, 0.6) is 5.75 Å². The van der Waals surface area contributed by atoms with Crippen LogP contribution in [0.4, 0.5) is 11.4 Å². The number of nitrogen functional groups attached to an aromatic ring is 2. The molecule has 3 aromatic rings. The summed E-state index contributed by atoms with van der Waals surface area (Å²) in [4.78, 5) is 12.2. The lowest BCUT2D eigenvalue weighted by molar-refractivity contribution is 0.0735. The molecule has 4 heteroatoms. The Labute approximate surface area is 148 Å². The Kier molecular flexibility index (Phi) is 5.45. The number of ether oxygens (including phenoxy) is 1. The summed E-state index contributed by atoms with van der Waals surface area (Å²) in [7, 11) is 0. The van der Waals surface area contributed by atoms with Crippen molar-refractivity contribution in [2.75, 3.05) is 11.5 Å². The summed E-state index contributed by atoms with van der Waals surface area (Å²) in [6.07, 6.45) is 0. The number of nitrogens with two attached hydrogens (primary N) is 2. The normalized spacial score (nSPS) is 9.96. The van der Waals surface area contributed by atoms with E-state index in [-0.39, 0.29) is 7.43 Å². The van der Waals surface area contributed by atoms with E-state index in [9.17, 15) is 4.79 Å². The van der Waals surface area contributed by atoms with Gasteiger partial charge in [-0.25, -0.2) is 4.79 Å². The smallest absolute Gasteiger partial charge is 0.343 e. The third kappa shape index (κ3) is 4.38. The number of rotatable bonds is 3. The number of carbonyl (C=O) groups is 1. The summed E-state index contributed by atoms with van der Waals surface area (Å²) < 4.78 is 5.37. The number of esters is 1. The van der Waals surface area contributed by atoms with Gasteiger partial charge in [0, 0.05) is 11.4 Å². The van der Waals surface area contributed by atoms with Crippen molar-refractivity contribution in [3.8, 4) is 16.9 Å². The Balaban J connectivity index is 0.00000225. The molecule has 0 saturated heterocycles. The lowest BCUT2D eigenvalue weighted by Gasteiger charge is -2.07. The minimum absolute atomic E-state index is 0. The van der Waals surface area contributed by atoms with Crippen molar-refractivity contribution >= 4 is 17.3 Å². The van der Waals surface area contributed by atoms with Gasteiger partial charge in [-0.1, -0.05) is 49.4 Å². The number of aryl methyl sites for hydroxylation is 1. The van der Waals surface area contributed by atoms with Crippen LogP contribution in [0.1, 0.15) is 23.3 Å². The zero-order chi connectivity index (χ0) is 17.1. The van der Waals surface area contributed by atoms with Crippen molar-refractivity contribution in [3.63, 3.8) is 0 Å². The van der Waals surface area contributed by atoms with E-state index in [1.54, 1.807) is 30.3 Å². The molecule has 0 amide bonds. The Bertz CT molecular complexity index is 849. The highest BCUT2D eigenvalue weighted by molar-refractivity contribution is 5.93. The quantitative estimate of drug-likeness (QED) is 0.414. The monoisotopic (exact) mass is 334 g/mol. The number of carbonyl (C=O) groups excluding carboxylic acids is 1. The van der Waals surface area contributed by atoms with Gasteiger partial charge in [0.15, 0.2) is 0 Å². The molecule has 25 heavy (non-hydrogen) atoms. The number of hydrogen-bond donors (Lipinski definition) is 2. The number of anilines is 2. The summed E-state index contributed by atoms with van der Waals surface area (Å²) in [6.45, 7) is 2.05. The molecule has 0 aliphatic carbocycles. The predicted octanol–water partition coefficient (Wildman–Crippen LogP) is 4.68. The first-order chi connectivity index (χ1) is 11.5. The molecule has 0 heterocycles. The van der Waals surface area contributed by atoms with Crippen molar-refractivity contribution in [3.05, 3.63) is 77.9 Å². The van der Waals surface area contributed by atoms with Gasteiger partial charge in [0.2, 0.25) is 0 Å². The van der Waals surface area contributed by atoms with Crippen molar-refractivity contribution in [2.24, 2.45) is 0 Å². The van der Waals surface area contributed by atoms with Crippen molar-refractivity contribution in [2.45, 2.75) is 14.4 Å². The largest absolute Gasteiger partial charge is 0.423 e. The summed E-state index contributed by atoms with van der Waals surface area (Å²) in [5.41, 5.74) is 16.0. The highest BCUT2D eigenvalue weighted by Gasteiger charge is 2.10. The zero-order valence-electron chi connectivity index (χ0n) is 13.3. The maximum absolute atomic E-state index is 12.2. The Morgan fingerprint density at radius 3 is 1.80 bits per heavy atom. The first kappa shape index (κ1) is 18.1. The third-order valence-electron chi connectivity index (χ3n) is 3.66. The van der Waals surface area contributed by atoms with Crippen LogP contribution in [0.2, 0.25) is 0 Å². The molecule has 4 N–H and O–H groups in total. The van der Waals surface area contributed by atoms with Crippen LogP contribution in [-0.4, -0.2) is 5.97 Å². The first-order valence-electron chi connectivity index (χ1n) is 7.56. The molecule has 0 bridgehead atoms. The summed E-state index contributed by atoms with van der Waals surface area (Å²) in [5, 5.41) is 0. The fourth-order valence-corrected chi connectivity index (χ4v) is 2.42. The molecular formula is C21H22N2O2. The summed E-state index contributed by atoms with van der Waals surface area (Å²) in [6, 6.07) is 20.3. The molecule has 4 nitrogen and oxygen atoms in total. The molecule has 0 aliphatic heterocycles.